The van der Waals surface area contributed by atoms with Crippen molar-refractivity contribution >= 4 is 66.4 Å². The molecule has 0 bridgehead atoms. The molecule has 228 valence electrons. The minimum absolute atomic E-state index is 0.242. The highest BCUT2D eigenvalue weighted by Gasteiger charge is 2.43. The van der Waals surface area contributed by atoms with E-state index in [-0.39, 0.29) is 5.41 Å². The van der Waals surface area contributed by atoms with E-state index in [1.165, 1.54) is 49.1 Å². The van der Waals surface area contributed by atoms with Crippen LogP contribution < -0.4 is 14.5 Å². The van der Waals surface area contributed by atoms with Crippen molar-refractivity contribution in [2.24, 2.45) is 0 Å². The first kappa shape index (κ1) is 27.1. The molecule has 0 N–H and O–H groups in total. The first-order valence-electron chi connectivity index (χ1n) is 16.6. The lowest BCUT2D eigenvalue weighted by Gasteiger charge is -2.46. The van der Waals surface area contributed by atoms with Crippen LogP contribution >= 0.6 is 0 Å². The fourth-order valence-electron chi connectivity index (χ4n) is 8.04. The van der Waals surface area contributed by atoms with Gasteiger partial charge in [-0.2, -0.15) is 0 Å². The third kappa shape index (κ3) is 3.76. The highest BCUT2D eigenvalue weighted by Crippen LogP contribution is 2.64. The first-order valence-corrected chi connectivity index (χ1v) is 16.6. The van der Waals surface area contributed by atoms with Crippen LogP contribution in [0.15, 0.2) is 158 Å². The van der Waals surface area contributed by atoms with Crippen molar-refractivity contribution in [2.45, 2.75) is 19.3 Å². The van der Waals surface area contributed by atoms with E-state index in [9.17, 15) is 0 Å². The summed E-state index contributed by atoms with van der Waals surface area (Å²) in [5.74, 6) is 1.71. The second kappa shape index (κ2) is 9.97. The number of fused-ring (bicyclic) bond motifs is 8. The topological polar surface area (TPSA) is 15.7 Å². The van der Waals surface area contributed by atoms with Gasteiger partial charge in [-0.25, -0.2) is 0 Å². The van der Waals surface area contributed by atoms with Gasteiger partial charge in [0, 0.05) is 21.9 Å². The summed E-state index contributed by atoms with van der Waals surface area (Å²) in [5.41, 5.74) is 8.87. The zero-order valence-electron chi connectivity index (χ0n) is 26.8. The van der Waals surface area contributed by atoms with Crippen LogP contribution in [0.2, 0.25) is 0 Å². The lowest BCUT2D eigenvalue weighted by Crippen LogP contribution is -2.33. The molecule has 0 saturated carbocycles. The van der Waals surface area contributed by atoms with E-state index < -0.39 is 0 Å². The average molecular weight is 617 g/mol. The molecule has 0 saturated heterocycles. The van der Waals surface area contributed by atoms with Crippen LogP contribution in [0.1, 0.15) is 25.0 Å². The molecule has 0 fully saturated rings. The van der Waals surface area contributed by atoms with Crippen LogP contribution in [0.4, 0.5) is 34.1 Å². The quantitative estimate of drug-likeness (QED) is 0.196. The van der Waals surface area contributed by atoms with E-state index >= 15 is 0 Å². The van der Waals surface area contributed by atoms with Crippen LogP contribution in [-0.2, 0) is 5.41 Å². The van der Waals surface area contributed by atoms with E-state index in [1.807, 2.05) is 0 Å². The van der Waals surface area contributed by atoms with Gasteiger partial charge in [0.15, 0.2) is 11.5 Å². The van der Waals surface area contributed by atoms with Gasteiger partial charge in [-0.1, -0.05) is 135 Å². The number of nitrogens with zero attached hydrogens (tertiary/aromatic N) is 2. The van der Waals surface area contributed by atoms with Crippen molar-refractivity contribution in [1.82, 2.24) is 0 Å². The number of benzene rings is 8. The summed E-state index contributed by atoms with van der Waals surface area (Å²) in [6.07, 6.45) is 0. The molecule has 48 heavy (non-hydrogen) atoms. The van der Waals surface area contributed by atoms with Crippen molar-refractivity contribution < 1.29 is 4.74 Å². The maximum Gasteiger partial charge on any atom is 0.175 e. The number of rotatable bonds is 3. The summed E-state index contributed by atoms with van der Waals surface area (Å²) < 4.78 is 7.21. The van der Waals surface area contributed by atoms with Crippen molar-refractivity contribution in [1.29, 1.82) is 0 Å². The number of anilines is 6. The third-order valence-corrected chi connectivity index (χ3v) is 10.4. The Morgan fingerprint density at radius 3 is 2.02 bits per heavy atom. The average Bonchev–Trinajstić information content (AvgIpc) is 3.13. The van der Waals surface area contributed by atoms with Gasteiger partial charge in [0.25, 0.3) is 0 Å². The Labute approximate surface area is 279 Å². The number of hydrogen-bond acceptors (Lipinski definition) is 3. The second-order valence-corrected chi connectivity index (χ2v) is 13.4. The molecule has 0 amide bonds. The summed E-state index contributed by atoms with van der Waals surface area (Å²) in [4.78, 5) is 4.86. The molecule has 10 rings (SSSR count). The molecular formula is C45H32N2O. The standard InChI is InChI=1S/C45H32N2O/c1-45(2)36-19-9-10-20-39(36)47-42-35-18-8-6-14-31(35)23-27-41(42)48-44-40(26-25-37(45)43(44)47)46(33-24-22-29-12-3-4-15-32(29)28-33)38-21-11-16-30-13-5-7-17-34(30)38/h3-28H,1-2H3. The minimum atomic E-state index is -0.242. The Morgan fingerprint density at radius 1 is 0.500 bits per heavy atom. The van der Waals surface area contributed by atoms with Crippen molar-refractivity contribution in [3.05, 3.63) is 169 Å². The molecule has 0 aromatic heterocycles. The van der Waals surface area contributed by atoms with Gasteiger partial charge in [-0.3, -0.25) is 0 Å². The fourth-order valence-corrected chi connectivity index (χ4v) is 8.04. The van der Waals surface area contributed by atoms with E-state index in [2.05, 4.69) is 181 Å². The molecule has 0 spiro atoms. The van der Waals surface area contributed by atoms with Crippen LogP contribution in [0, 0.1) is 0 Å². The van der Waals surface area contributed by atoms with E-state index in [4.69, 9.17) is 4.74 Å². The van der Waals surface area contributed by atoms with Crippen LogP contribution in [0.25, 0.3) is 32.3 Å². The van der Waals surface area contributed by atoms with Gasteiger partial charge in [-0.05, 0) is 69.1 Å². The Balaban J connectivity index is 1.31. The molecule has 2 heterocycles. The zero-order chi connectivity index (χ0) is 32.0. The Kier molecular flexibility index (Phi) is 5.63. The summed E-state index contributed by atoms with van der Waals surface area (Å²) in [6.45, 7) is 4.67. The maximum atomic E-state index is 7.21. The van der Waals surface area contributed by atoms with Gasteiger partial charge >= 0.3 is 0 Å². The monoisotopic (exact) mass is 616 g/mol. The number of hydrogen-bond donors (Lipinski definition) is 0. The van der Waals surface area contributed by atoms with Crippen molar-refractivity contribution in [2.75, 3.05) is 9.80 Å². The van der Waals surface area contributed by atoms with Gasteiger partial charge < -0.3 is 14.5 Å². The minimum Gasteiger partial charge on any atom is -0.451 e. The molecular weight excluding hydrogens is 585 g/mol. The third-order valence-electron chi connectivity index (χ3n) is 10.4. The van der Waals surface area contributed by atoms with Gasteiger partial charge in [0.2, 0.25) is 0 Å². The van der Waals surface area contributed by atoms with Crippen molar-refractivity contribution in [3.8, 4) is 11.5 Å². The van der Waals surface area contributed by atoms with E-state index in [0.717, 1.165) is 39.9 Å². The molecule has 8 aromatic carbocycles. The predicted molar refractivity (Wildman–Crippen MR) is 201 cm³/mol. The Morgan fingerprint density at radius 2 is 1.17 bits per heavy atom. The largest absolute Gasteiger partial charge is 0.451 e. The highest BCUT2D eigenvalue weighted by molar-refractivity contribution is 6.08. The first-order chi connectivity index (χ1) is 23.6. The van der Waals surface area contributed by atoms with E-state index in [1.54, 1.807) is 0 Å². The predicted octanol–water partition coefficient (Wildman–Crippen LogP) is 12.8. The smallest absolute Gasteiger partial charge is 0.175 e. The molecule has 3 nitrogen and oxygen atoms in total. The van der Waals surface area contributed by atoms with Gasteiger partial charge in [-0.15, -0.1) is 0 Å². The van der Waals surface area contributed by atoms with Gasteiger partial charge in [0.05, 0.1) is 28.4 Å². The van der Waals surface area contributed by atoms with Crippen LogP contribution in [0.5, 0.6) is 11.5 Å². The molecule has 0 radical (unpaired) electrons. The molecule has 0 atom stereocenters. The molecule has 0 unspecified atom stereocenters. The number of para-hydroxylation sites is 1. The lowest BCUT2D eigenvalue weighted by atomic mass is 9.73. The molecule has 0 aliphatic carbocycles. The van der Waals surface area contributed by atoms with Crippen LogP contribution in [0.3, 0.4) is 0 Å². The molecule has 2 aliphatic rings. The molecule has 8 aromatic rings. The normalized spacial score (nSPS) is 13.9. The van der Waals surface area contributed by atoms with Gasteiger partial charge in [0.1, 0.15) is 0 Å². The molecule has 3 heteroatoms. The summed E-state index contributed by atoms with van der Waals surface area (Å²) in [7, 11) is 0. The summed E-state index contributed by atoms with van der Waals surface area (Å²) in [6, 6.07) is 56.9. The fraction of sp³-hybridized carbons (Fsp3) is 0.0667. The van der Waals surface area contributed by atoms with Crippen molar-refractivity contribution in [3.63, 3.8) is 0 Å². The highest BCUT2D eigenvalue weighted by atomic mass is 16.5. The Bertz CT molecular complexity index is 2600. The SMILES string of the molecule is CC1(C)c2ccccc2N2c3c1ccc(N(c1ccc4ccccc4c1)c1cccc4ccccc14)c3Oc1ccc3ccccc3c12. The summed E-state index contributed by atoms with van der Waals surface area (Å²) in [5, 5.41) is 7.15. The summed E-state index contributed by atoms with van der Waals surface area (Å²) >= 11 is 0. The second-order valence-electron chi connectivity index (χ2n) is 13.4. The van der Waals surface area contributed by atoms with Crippen LogP contribution in [-0.4, -0.2) is 0 Å². The van der Waals surface area contributed by atoms with E-state index in [0.29, 0.717) is 0 Å². The Hall–Kier alpha value is -6.06. The lowest BCUT2D eigenvalue weighted by molar-refractivity contribution is 0.473. The zero-order valence-corrected chi connectivity index (χ0v) is 26.8. The molecule has 2 aliphatic heterocycles. The number of ether oxygens (including phenoxy) is 1. The maximum absolute atomic E-state index is 7.21.